The summed E-state index contributed by atoms with van der Waals surface area (Å²) < 4.78 is 5.85. The highest BCUT2D eigenvalue weighted by atomic mass is 16.5. The summed E-state index contributed by atoms with van der Waals surface area (Å²) >= 11 is 0. The summed E-state index contributed by atoms with van der Waals surface area (Å²) in [6.07, 6.45) is 1.00. The second-order valence-corrected chi connectivity index (χ2v) is 6.63. The topological polar surface area (TPSA) is 83.9 Å². The van der Waals surface area contributed by atoms with Gasteiger partial charge in [-0.2, -0.15) is 0 Å². The third-order valence-corrected chi connectivity index (χ3v) is 4.24. The van der Waals surface area contributed by atoms with Crippen LogP contribution < -0.4 is 9.64 Å². The second-order valence-electron chi connectivity index (χ2n) is 6.63. The van der Waals surface area contributed by atoms with Crippen molar-refractivity contribution < 1.29 is 24.2 Å². The van der Waals surface area contributed by atoms with Gasteiger partial charge in [0.15, 0.2) is 11.9 Å². The van der Waals surface area contributed by atoms with Crippen molar-refractivity contribution in [2.45, 2.75) is 52.6 Å². The van der Waals surface area contributed by atoms with Crippen molar-refractivity contribution in [2.24, 2.45) is 5.92 Å². The fourth-order valence-corrected chi connectivity index (χ4v) is 2.79. The fourth-order valence-electron chi connectivity index (χ4n) is 2.79. The van der Waals surface area contributed by atoms with Gasteiger partial charge in [0.2, 0.25) is 0 Å². The largest absolute Gasteiger partial charge is 0.481 e. The predicted molar refractivity (Wildman–Crippen MR) is 94.2 cm³/mol. The quantitative estimate of drug-likeness (QED) is 0.730. The summed E-state index contributed by atoms with van der Waals surface area (Å²) in [7, 11) is 0. The number of amides is 1. The van der Waals surface area contributed by atoms with E-state index in [0.717, 1.165) is 12.8 Å². The van der Waals surface area contributed by atoms with Crippen molar-refractivity contribution >= 4 is 23.3 Å². The number of nitrogens with zero attached hydrogens (tertiary/aromatic N) is 1. The molecule has 0 aromatic heterocycles. The van der Waals surface area contributed by atoms with Crippen molar-refractivity contribution in [1.82, 2.24) is 0 Å². The molecule has 1 heterocycles. The van der Waals surface area contributed by atoms with Gasteiger partial charge in [-0.1, -0.05) is 27.2 Å². The first kappa shape index (κ1) is 19.0. The first-order chi connectivity index (χ1) is 11.8. The van der Waals surface area contributed by atoms with E-state index in [-0.39, 0.29) is 30.4 Å². The van der Waals surface area contributed by atoms with Gasteiger partial charge in [0, 0.05) is 18.5 Å². The number of hydrogen-bond donors (Lipinski definition) is 1. The molecule has 1 unspecified atom stereocenters. The van der Waals surface area contributed by atoms with Crippen molar-refractivity contribution in [2.75, 3.05) is 11.4 Å². The molecule has 0 aliphatic carbocycles. The first-order valence-corrected chi connectivity index (χ1v) is 8.72. The minimum Gasteiger partial charge on any atom is -0.481 e. The van der Waals surface area contributed by atoms with Crippen LogP contribution in [0, 0.1) is 5.92 Å². The van der Waals surface area contributed by atoms with Crippen LogP contribution in [-0.2, 0) is 9.59 Å². The normalized spacial score (nSPS) is 16.6. The van der Waals surface area contributed by atoms with E-state index in [1.54, 1.807) is 23.1 Å². The van der Waals surface area contributed by atoms with Gasteiger partial charge in [0.1, 0.15) is 5.75 Å². The van der Waals surface area contributed by atoms with Gasteiger partial charge in [0.25, 0.3) is 5.91 Å². The van der Waals surface area contributed by atoms with E-state index in [1.165, 1.54) is 0 Å². The van der Waals surface area contributed by atoms with E-state index in [2.05, 4.69) is 6.92 Å². The Hall–Kier alpha value is -2.37. The Labute approximate surface area is 147 Å². The maximum Gasteiger partial charge on any atom is 0.303 e. The standard InChI is InChI=1S/C19H25NO5/c1-4-5-10-20-14-11-13(15(21)7-9-17(22)23)6-8-16(14)25-18(12(2)3)19(20)24/h6,8,11-12,18H,4-5,7,9-10H2,1-3H3,(H,22,23). The van der Waals surface area contributed by atoms with Crippen molar-refractivity contribution in [1.29, 1.82) is 0 Å². The lowest BCUT2D eigenvalue weighted by molar-refractivity contribution is -0.137. The average Bonchev–Trinajstić information content (AvgIpc) is 2.57. The number of unbranched alkanes of at least 4 members (excludes halogenated alkanes) is 1. The lowest BCUT2D eigenvalue weighted by Crippen LogP contribution is -2.48. The number of Topliss-reactive ketones (excluding diaryl/α,β-unsaturated/α-hetero) is 1. The number of fused-ring (bicyclic) bond motifs is 1. The SMILES string of the molecule is CCCCN1C(=O)C(C(C)C)Oc2ccc(C(=O)CCC(=O)O)cc21. The van der Waals surface area contributed by atoms with Gasteiger partial charge >= 0.3 is 5.97 Å². The average molecular weight is 347 g/mol. The molecule has 0 bridgehead atoms. The first-order valence-electron chi connectivity index (χ1n) is 8.72. The van der Waals surface area contributed by atoms with E-state index in [1.807, 2.05) is 13.8 Å². The molecule has 1 aromatic rings. The molecule has 1 N–H and O–H groups in total. The summed E-state index contributed by atoms with van der Waals surface area (Å²) in [6, 6.07) is 4.97. The molecule has 0 fully saturated rings. The molecule has 25 heavy (non-hydrogen) atoms. The molecule has 0 saturated carbocycles. The molecule has 1 aliphatic rings. The summed E-state index contributed by atoms with van der Waals surface area (Å²) in [6.45, 7) is 6.50. The summed E-state index contributed by atoms with van der Waals surface area (Å²) in [5.41, 5.74) is 0.998. The number of hydrogen-bond acceptors (Lipinski definition) is 4. The van der Waals surface area contributed by atoms with Gasteiger partial charge in [-0.15, -0.1) is 0 Å². The molecule has 1 atom stereocenters. The van der Waals surface area contributed by atoms with Crippen LogP contribution in [-0.4, -0.2) is 35.4 Å². The highest BCUT2D eigenvalue weighted by molar-refractivity contribution is 6.03. The predicted octanol–water partition coefficient (Wildman–Crippen LogP) is 3.28. The van der Waals surface area contributed by atoms with Gasteiger partial charge in [-0.3, -0.25) is 14.4 Å². The highest BCUT2D eigenvalue weighted by Crippen LogP contribution is 2.37. The van der Waals surface area contributed by atoms with E-state index in [9.17, 15) is 14.4 Å². The minimum absolute atomic E-state index is 0.0432. The van der Waals surface area contributed by atoms with Crippen LogP contribution in [0.2, 0.25) is 0 Å². The summed E-state index contributed by atoms with van der Waals surface area (Å²) in [4.78, 5) is 37.3. The third kappa shape index (κ3) is 4.38. The highest BCUT2D eigenvalue weighted by Gasteiger charge is 2.36. The molecule has 6 nitrogen and oxygen atoms in total. The van der Waals surface area contributed by atoms with Crippen LogP contribution in [0.4, 0.5) is 5.69 Å². The minimum atomic E-state index is -1.01. The van der Waals surface area contributed by atoms with Crippen molar-refractivity contribution in [3.63, 3.8) is 0 Å². The lowest BCUT2D eigenvalue weighted by atomic mass is 10.0. The van der Waals surface area contributed by atoms with Crippen LogP contribution in [0.5, 0.6) is 5.75 Å². The van der Waals surface area contributed by atoms with Crippen molar-refractivity contribution in [3.8, 4) is 5.75 Å². The van der Waals surface area contributed by atoms with Crippen LogP contribution in [0.15, 0.2) is 18.2 Å². The maximum atomic E-state index is 12.8. The Bertz CT molecular complexity index is 668. The Morgan fingerprint density at radius 3 is 2.60 bits per heavy atom. The third-order valence-electron chi connectivity index (χ3n) is 4.24. The Morgan fingerprint density at radius 1 is 1.28 bits per heavy atom. The smallest absolute Gasteiger partial charge is 0.303 e. The number of ketones is 1. The Balaban J connectivity index is 2.33. The Kier molecular flexibility index (Phi) is 6.17. The zero-order valence-corrected chi connectivity index (χ0v) is 14.9. The number of carboxylic acids is 1. The molecular weight excluding hydrogens is 322 g/mol. The van der Waals surface area contributed by atoms with E-state index < -0.39 is 12.1 Å². The van der Waals surface area contributed by atoms with Crippen molar-refractivity contribution in [3.05, 3.63) is 23.8 Å². The molecule has 136 valence electrons. The van der Waals surface area contributed by atoms with Crippen LogP contribution >= 0.6 is 0 Å². The molecule has 1 amide bonds. The van der Waals surface area contributed by atoms with Crippen LogP contribution in [0.1, 0.15) is 56.8 Å². The van der Waals surface area contributed by atoms with Gasteiger partial charge in [-0.05, 0) is 30.5 Å². The lowest BCUT2D eigenvalue weighted by Gasteiger charge is -2.36. The Morgan fingerprint density at radius 2 is 2.00 bits per heavy atom. The number of carbonyl (C=O) groups excluding carboxylic acids is 2. The zero-order valence-electron chi connectivity index (χ0n) is 14.9. The number of carboxylic acid groups (broad SMARTS) is 1. The number of rotatable bonds is 8. The molecule has 2 rings (SSSR count). The van der Waals surface area contributed by atoms with E-state index in [4.69, 9.17) is 9.84 Å². The second kappa shape index (κ2) is 8.14. The molecule has 1 aromatic carbocycles. The number of aliphatic carboxylic acids is 1. The molecular formula is C19H25NO5. The monoisotopic (exact) mass is 347 g/mol. The molecule has 6 heteroatoms. The maximum absolute atomic E-state index is 12.8. The molecule has 1 aliphatic heterocycles. The zero-order chi connectivity index (χ0) is 18.6. The number of ether oxygens (including phenoxy) is 1. The van der Waals surface area contributed by atoms with Gasteiger partial charge in [-0.25, -0.2) is 0 Å². The van der Waals surface area contributed by atoms with E-state index >= 15 is 0 Å². The number of benzene rings is 1. The molecule has 0 spiro atoms. The summed E-state index contributed by atoms with van der Waals surface area (Å²) in [5, 5.41) is 8.73. The molecule has 0 radical (unpaired) electrons. The van der Waals surface area contributed by atoms with Crippen LogP contribution in [0.25, 0.3) is 0 Å². The number of anilines is 1. The van der Waals surface area contributed by atoms with Gasteiger partial charge < -0.3 is 14.7 Å². The fraction of sp³-hybridized carbons (Fsp3) is 0.526. The molecule has 0 saturated heterocycles. The number of carbonyl (C=O) groups is 3. The van der Waals surface area contributed by atoms with E-state index in [0.29, 0.717) is 23.5 Å². The van der Waals surface area contributed by atoms with Crippen LogP contribution in [0.3, 0.4) is 0 Å². The summed E-state index contributed by atoms with van der Waals surface area (Å²) in [5.74, 6) is -0.717. The van der Waals surface area contributed by atoms with Gasteiger partial charge in [0.05, 0.1) is 12.1 Å².